The van der Waals surface area contributed by atoms with E-state index in [9.17, 15) is 4.79 Å². The third-order valence-corrected chi connectivity index (χ3v) is 3.40. The molecule has 23 heavy (non-hydrogen) atoms. The first-order chi connectivity index (χ1) is 11.0. The predicted molar refractivity (Wildman–Crippen MR) is 88.6 cm³/mol. The van der Waals surface area contributed by atoms with E-state index in [0.29, 0.717) is 21.4 Å². The Kier molecular flexibility index (Phi) is 5.67. The third-order valence-electron chi connectivity index (χ3n) is 2.79. The minimum absolute atomic E-state index is 0.0852. The molecule has 0 unspecified atom stereocenters. The summed E-state index contributed by atoms with van der Waals surface area (Å²) in [4.78, 5) is 16.7. The summed E-state index contributed by atoms with van der Waals surface area (Å²) in [6, 6.07) is 6.06. The van der Waals surface area contributed by atoms with Crippen molar-refractivity contribution in [2.24, 2.45) is 10.7 Å². The van der Waals surface area contributed by atoms with Gasteiger partial charge in [-0.2, -0.15) is 4.99 Å². The van der Waals surface area contributed by atoms with E-state index in [1.165, 1.54) is 18.1 Å². The van der Waals surface area contributed by atoms with Gasteiger partial charge in [-0.1, -0.05) is 29.3 Å². The largest absolute Gasteiger partial charge is 0.369 e. The van der Waals surface area contributed by atoms with Gasteiger partial charge in [0, 0.05) is 7.05 Å². The molecule has 1 heterocycles. The van der Waals surface area contributed by atoms with Crippen molar-refractivity contribution < 1.29 is 4.79 Å². The van der Waals surface area contributed by atoms with Crippen molar-refractivity contribution in [2.45, 2.75) is 6.54 Å². The second-order valence-corrected chi connectivity index (χ2v) is 5.11. The van der Waals surface area contributed by atoms with Crippen LogP contribution in [-0.4, -0.2) is 34.4 Å². The topological polar surface area (TPSA) is 109 Å². The van der Waals surface area contributed by atoms with Crippen LogP contribution in [0.3, 0.4) is 0 Å². The molecule has 2 amide bonds. The van der Waals surface area contributed by atoms with Gasteiger partial charge in [0.25, 0.3) is 0 Å². The van der Waals surface area contributed by atoms with Crippen molar-refractivity contribution in [3.63, 3.8) is 0 Å². The van der Waals surface area contributed by atoms with Gasteiger partial charge < -0.3 is 16.0 Å². The molecule has 2 rings (SSSR count). The van der Waals surface area contributed by atoms with Crippen LogP contribution >= 0.6 is 23.2 Å². The zero-order valence-corrected chi connectivity index (χ0v) is 13.6. The molecule has 0 atom stereocenters. The Morgan fingerprint density at radius 2 is 2.04 bits per heavy atom. The van der Waals surface area contributed by atoms with Gasteiger partial charge in [-0.15, -0.1) is 10.2 Å². The molecule has 0 saturated heterocycles. The highest BCUT2D eigenvalue weighted by Gasteiger charge is 2.19. The summed E-state index contributed by atoms with van der Waals surface area (Å²) in [5.74, 6) is -0.0852. The van der Waals surface area contributed by atoms with Crippen molar-refractivity contribution in [3.8, 4) is 0 Å². The van der Waals surface area contributed by atoms with Gasteiger partial charge in [0.15, 0.2) is 0 Å². The summed E-state index contributed by atoms with van der Waals surface area (Å²) < 4.78 is 0. The minimum Gasteiger partial charge on any atom is -0.369 e. The van der Waals surface area contributed by atoms with E-state index in [0.717, 1.165) is 0 Å². The average molecular weight is 354 g/mol. The van der Waals surface area contributed by atoms with Crippen LogP contribution in [0.5, 0.6) is 0 Å². The molecule has 0 bridgehead atoms. The molecule has 8 nitrogen and oxygen atoms in total. The van der Waals surface area contributed by atoms with Crippen LogP contribution in [0.15, 0.2) is 35.5 Å². The fourth-order valence-electron chi connectivity index (χ4n) is 1.75. The van der Waals surface area contributed by atoms with Crippen LogP contribution in [0.4, 0.5) is 10.5 Å². The number of anilines is 1. The molecule has 0 aliphatic carbocycles. The maximum absolute atomic E-state index is 11.5. The number of nitrogens with one attached hydrogen (secondary N) is 1. The first kappa shape index (κ1) is 16.9. The maximum atomic E-state index is 11.5. The van der Waals surface area contributed by atoms with Gasteiger partial charge in [0.2, 0.25) is 5.96 Å². The van der Waals surface area contributed by atoms with Gasteiger partial charge in [-0.05, 0) is 23.4 Å². The van der Waals surface area contributed by atoms with Crippen LogP contribution < -0.4 is 16.0 Å². The van der Waals surface area contributed by atoms with Crippen molar-refractivity contribution in [1.82, 2.24) is 20.7 Å². The molecule has 10 heteroatoms. The molecule has 0 aliphatic rings. The number of halogens is 2. The molecule has 0 radical (unpaired) electrons. The standard InChI is InChI=1S/C13H13Cl2N7O/c1-17-13(23)19-12(16)22(7-8-5-6-18-21-20-8)11-9(14)3-2-4-10(11)15/h2-6H,7H2,1H3,(H3,16,17,19,23). The molecule has 0 spiro atoms. The number of carbonyl (C=O) groups excluding carboxylic acids is 1. The number of hydrogen-bond acceptors (Lipinski definition) is 4. The Balaban J connectivity index is 2.47. The number of hydrogen-bond donors (Lipinski definition) is 2. The molecule has 0 fully saturated rings. The van der Waals surface area contributed by atoms with Crippen LogP contribution in [-0.2, 0) is 6.54 Å². The zero-order chi connectivity index (χ0) is 16.8. The number of nitrogens with two attached hydrogens (primary N) is 1. The van der Waals surface area contributed by atoms with E-state index in [1.807, 2.05) is 0 Å². The molecular weight excluding hydrogens is 341 g/mol. The number of guanidine groups is 1. The molecular formula is C13H13Cl2N7O. The monoisotopic (exact) mass is 353 g/mol. The summed E-state index contributed by atoms with van der Waals surface area (Å²) in [7, 11) is 1.44. The predicted octanol–water partition coefficient (Wildman–Crippen LogP) is 1.84. The van der Waals surface area contributed by atoms with Crippen LogP contribution in [0.25, 0.3) is 0 Å². The van der Waals surface area contributed by atoms with E-state index in [2.05, 4.69) is 25.7 Å². The lowest BCUT2D eigenvalue weighted by atomic mass is 10.2. The van der Waals surface area contributed by atoms with Crippen molar-refractivity contribution >= 4 is 40.9 Å². The van der Waals surface area contributed by atoms with Gasteiger partial charge in [0.05, 0.1) is 34.2 Å². The minimum atomic E-state index is -0.600. The molecule has 1 aromatic carbocycles. The second kappa shape index (κ2) is 7.70. The summed E-state index contributed by atoms with van der Waals surface area (Å²) in [6.45, 7) is 0.158. The number of aromatic nitrogens is 3. The highest BCUT2D eigenvalue weighted by atomic mass is 35.5. The Morgan fingerprint density at radius 1 is 1.35 bits per heavy atom. The second-order valence-electron chi connectivity index (χ2n) is 4.29. The van der Waals surface area contributed by atoms with E-state index in [1.54, 1.807) is 24.3 Å². The SMILES string of the molecule is CNC(=O)N=C(N)N(Cc1ccnnn1)c1c(Cl)cccc1Cl. The maximum Gasteiger partial charge on any atom is 0.343 e. The summed E-state index contributed by atoms with van der Waals surface area (Å²) in [5, 5.41) is 14.1. The number of nitrogens with zero attached hydrogens (tertiary/aromatic N) is 5. The number of aliphatic imine (C=N–C) groups is 1. The average Bonchev–Trinajstić information content (AvgIpc) is 2.54. The molecule has 2 aromatic rings. The van der Waals surface area contributed by atoms with Gasteiger partial charge in [-0.3, -0.25) is 0 Å². The zero-order valence-electron chi connectivity index (χ0n) is 12.1. The Labute approximate surface area is 142 Å². The molecule has 3 N–H and O–H groups in total. The highest BCUT2D eigenvalue weighted by molar-refractivity contribution is 6.40. The van der Waals surface area contributed by atoms with E-state index >= 15 is 0 Å². The number of para-hydroxylation sites is 1. The smallest absolute Gasteiger partial charge is 0.343 e. The number of carbonyl (C=O) groups is 1. The van der Waals surface area contributed by atoms with Gasteiger partial charge in [0.1, 0.15) is 0 Å². The lowest BCUT2D eigenvalue weighted by Gasteiger charge is -2.24. The summed E-state index contributed by atoms with van der Waals surface area (Å²) in [6.07, 6.45) is 1.49. The molecule has 120 valence electrons. The normalized spacial score (nSPS) is 11.2. The van der Waals surface area contributed by atoms with Crippen LogP contribution in [0.2, 0.25) is 10.0 Å². The third kappa shape index (κ3) is 4.27. The number of amides is 2. The summed E-state index contributed by atoms with van der Waals surface area (Å²) in [5.41, 5.74) is 6.91. The fraction of sp³-hybridized carbons (Fsp3) is 0.154. The van der Waals surface area contributed by atoms with E-state index in [4.69, 9.17) is 28.9 Å². The van der Waals surface area contributed by atoms with Crippen molar-refractivity contribution in [2.75, 3.05) is 11.9 Å². The lowest BCUT2D eigenvalue weighted by molar-refractivity contribution is 0.251. The highest BCUT2D eigenvalue weighted by Crippen LogP contribution is 2.34. The Morgan fingerprint density at radius 3 is 2.61 bits per heavy atom. The van der Waals surface area contributed by atoms with Crippen molar-refractivity contribution in [3.05, 3.63) is 46.2 Å². The van der Waals surface area contributed by atoms with Crippen LogP contribution in [0, 0.1) is 0 Å². The van der Waals surface area contributed by atoms with Crippen molar-refractivity contribution in [1.29, 1.82) is 0 Å². The first-order valence-corrected chi connectivity index (χ1v) is 7.19. The number of benzene rings is 1. The van der Waals surface area contributed by atoms with Gasteiger partial charge in [-0.25, -0.2) is 4.79 Å². The van der Waals surface area contributed by atoms with Gasteiger partial charge >= 0.3 is 6.03 Å². The number of urea groups is 1. The van der Waals surface area contributed by atoms with E-state index in [-0.39, 0.29) is 12.5 Å². The quantitative estimate of drug-likeness (QED) is 0.643. The van der Waals surface area contributed by atoms with E-state index < -0.39 is 6.03 Å². The molecule has 0 aliphatic heterocycles. The number of rotatable bonds is 3. The Bertz CT molecular complexity index is 703. The molecule has 0 saturated carbocycles. The Hall–Kier alpha value is -2.45. The lowest BCUT2D eigenvalue weighted by Crippen LogP contribution is -2.39. The first-order valence-electron chi connectivity index (χ1n) is 6.43. The molecule has 1 aromatic heterocycles. The van der Waals surface area contributed by atoms with Crippen LogP contribution in [0.1, 0.15) is 5.69 Å². The fourth-order valence-corrected chi connectivity index (χ4v) is 2.36. The summed E-state index contributed by atoms with van der Waals surface area (Å²) >= 11 is 12.4.